The number of aromatic nitrogens is 3. The van der Waals surface area contributed by atoms with E-state index in [4.69, 9.17) is 5.11 Å². The first-order chi connectivity index (χ1) is 11.6. The van der Waals surface area contributed by atoms with Crippen LogP contribution in [0.5, 0.6) is 0 Å². The number of nitrogens with one attached hydrogen (secondary N) is 1. The molecule has 3 rings (SSSR count). The summed E-state index contributed by atoms with van der Waals surface area (Å²) in [7, 11) is 0. The van der Waals surface area contributed by atoms with Crippen molar-refractivity contribution in [2.45, 2.75) is 31.7 Å². The van der Waals surface area contributed by atoms with E-state index in [2.05, 4.69) is 20.3 Å². The number of carbonyl (C=O) groups is 2. The van der Waals surface area contributed by atoms with Crippen molar-refractivity contribution in [2.24, 2.45) is 5.92 Å². The SMILES string of the molecule is O=C(NC1CCC(C(=O)O)CC1)c1cnc(-c2ccncc2)nc1. The second-order valence-electron chi connectivity index (χ2n) is 5.89. The van der Waals surface area contributed by atoms with E-state index < -0.39 is 5.97 Å². The van der Waals surface area contributed by atoms with Gasteiger partial charge in [0, 0.05) is 36.4 Å². The van der Waals surface area contributed by atoms with Crippen molar-refractivity contribution in [2.75, 3.05) is 0 Å². The van der Waals surface area contributed by atoms with Gasteiger partial charge in [0.05, 0.1) is 11.5 Å². The maximum Gasteiger partial charge on any atom is 0.306 e. The number of carboxylic acids is 1. The molecular weight excluding hydrogens is 308 g/mol. The molecule has 2 heterocycles. The van der Waals surface area contributed by atoms with Crippen LogP contribution in [-0.2, 0) is 4.79 Å². The maximum atomic E-state index is 12.3. The molecule has 0 atom stereocenters. The zero-order valence-electron chi connectivity index (χ0n) is 13.1. The first-order valence-corrected chi connectivity index (χ1v) is 7.89. The minimum Gasteiger partial charge on any atom is -0.481 e. The minimum atomic E-state index is -0.750. The lowest BCUT2D eigenvalue weighted by atomic mass is 9.86. The summed E-state index contributed by atoms with van der Waals surface area (Å²) < 4.78 is 0. The van der Waals surface area contributed by atoms with Gasteiger partial charge in [-0.2, -0.15) is 0 Å². The Balaban J connectivity index is 1.59. The van der Waals surface area contributed by atoms with Crippen LogP contribution in [0.4, 0.5) is 0 Å². The molecule has 0 saturated heterocycles. The van der Waals surface area contributed by atoms with Gasteiger partial charge >= 0.3 is 5.97 Å². The molecular formula is C17H18N4O3. The molecule has 1 saturated carbocycles. The summed E-state index contributed by atoms with van der Waals surface area (Å²) in [5.74, 6) is -0.730. The van der Waals surface area contributed by atoms with Crippen LogP contribution in [0, 0.1) is 5.92 Å². The molecule has 0 unspecified atom stereocenters. The molecule has 0 spiro atoms. The fourth-order valence-electron chi connectivity index (χ4n) is 2.85. The molecule has 1 fully saturated rings. The first kappa shape index (κ1) is 16.0. The molecule has 0 bridgehead atoms. The highest BCUT2D eigenvalue weighted by molar-refractivity contribution is 5.93. The number of aliphatic carboxylic acids is 1. The Hall–Kier alpha value is -2.83. The average Bonchev–Trinajstić information content (AvgIpc) is 2.63. The van der Waals surface area contributed by atoms with E-state index in [9.17, 15) is 9.59 Å². The Kier molecular flexibility index (Phi) is 4.79. The standard InChI is InChI=1S/C17H18N4O3/c22-16(21-14-3-1-12(2-4-14)17(23)24)13-9-19-15(20-10-13)11-5-7-18-8-6-11/h5-10,12,14H,1-4H2,(H,21,22)(H,23,24). The Morgan fingerprint density at radius 1 is 1.04 bits per heavy atom. The monoisotopic (exact) mass is 326 g/mol. The zero-order valence-corrected chi connectivity index (χ0v) is 13.1. The number of pyridine rings is 1. The van der Waals surface area contributed by atoms with Crippen LogP contribution in [0.25, 0.3) is 11.4 Å². The van der Waals surface area contributed by atoms with Crippen LogP contribution in [0.1, 0.15) is 36.0 Å². The van der Waals surface area contributed by atoms with Gasteiger partial charge in [-0.1, -0.05) is 0 Å². The van der Waals surface area contributed by atoms with Crippen LogP contribution >= 0.6 is 0 Å². The summed E-state index contributed by atoms with van der Waals surface area (Å²) in [6.45, 7) is 0. The van der Waals surface area contributed by atoms with E-state index in [0.29, 0.717) is 37.1 Å². The Bertz CT molecular complexity index is 710. The van der Waals surface area contributed by atoms with Gasteiger partial charge in [0.25, 0.3) is 5.91 Å². The lowest BCUT2D eigenvalue weighted by molar-refractivity contribution is -0.142. The Labute approximate surface area is 139 Å². The van der Waals surface area contributed by atoms with Gasteiger partial charge in [0.2, 0.25) is 0 Å². The number of rotatable bonds is 4. The van der Waals surface area contributed by atoms with Gasteiger partial charge in [-0.3, -0.25) is 14.6 Å². The molecule has 24 heavy (non-hydrogen) atoms. The van der Waals surface area contributed by atoms with E-state index in [1.807, 2.05) is 0 Å². The van der Waals surface area contributed by atoms with Gasteiger partial charge in [-0.25, -0.2) is 9.97 Å². The molecule has 2 aromatic rings. The van der Waals surface area contributed by atoms with E-state index >= 15 is 0 Å². The molecule has 1 aliphatic rings. The lowest BCUT2D eigenvalue weighted by Crippen LogP contribution is -2.38. The van der Waals surface area contributed by atoms with Crippen molar-refractivity contribution >= 4 is 11.9 Å². The second kappa shape index (κ2) is 7.16. The van der Waals surface area contributed by atoms with E-state index in [-0.39, 0.29) is 17.9 Å². The van der Waals surface area contributed by atoms with Crippen molar-refractivity contribution in [1.82, 2.24) is 20.3 Å². The second-order valence-corrected chi connectivity index (χ2v) is 5.89. The predicted octanol–water partition coefficient (Wildman–Crippen LogP) is 1.91. The van der Waals surface area contributed by atoms with Gasteiger partial charge in [0.15, 0.2) is 5.82 Å². The van der Waals surface area contributed by atoms with Crippen molar-refractivity contribution in [3.63, 3.8) is 0 Å². The van der Waals surface area contributed by atoms with Gasteiger partial charge < -0.3 is 10.4 Å². The van der Waals surface area contributed by atoms with E-state index in [1.165, 1.54) is 12.4 Å². The normalized spacial score (nSPS) is 20.3. The molecule has 1 amide bonds. The largest absolute Gasteiger partial charge is 0.481 e. The molecule has 1 aliphatic carbocycles. The lowest BCUT2D eigenvalue weighted by Gasteiger charge is -2.26. The molecule has 2 aromatic heterocycles. The third kappa shape index (κ3) is 3.73. The molecule has 0 aliphatic heterocycles. The summed E-state index contributed by atoms with van der Waals surface area (Å²) in [5, 5.41) is 11.9. The molecule has 7 nitrogen and oxygen atoms in total. The molecule has 0 aromatic carbocycles. The van der Waals surface area contributed by atoms with Crippen LogP contribution in [-0.4, -0.2) is 38.0 Å². The molecule has 124 valence electrons. The summed E-state index contributed by atoms with van der Waals surface area (Å²) >= 11 is 0. The number of carboxylic acid groups (broad SMARTS) is 1. The number of hydrogen-bond acceptors (Lipinski definition) is 5. The number of nitrogens with zero attached hydrogens (tertiary/aromatic N) is 3. The Morgan fingerprint density at radius 3 is 2.25 bits per heavy atom. The summed E-state index contributed by atoms with van der Waals surface area (Å²) in [5.41, 5.74) is 1.23. The van der Waals surface area contributed by atoms with Crippen LogP contribution in [0.15, 0.2) is 36.9 Å². The maximum absolute atomic E-state index is 12.3. The summed E-state index contributed by atoms with van der Waals surface area (Å²) in [4.78, 5) is 35.6. The molecule has 2 N–H and O–H groups in total. The van der Waals surface area contributed by atoms with Crippen LogP contribution in [0.3, 0.4) is 0 Å². The van der Waals surface area contributed by atoms with Gasteiger partial charge in [-0.15, -0.1) is 0 Å². The van der Waals surface area contributed by atoms with Gasteiger partial charge in [-0.05, 0) is 37.8 Å². The van der Waals surface area contributed by atoms with Crippen molar-refractivity contribution in [3.05, 3.63) is 42.5 Å². The zero-order chi connectivity index (χ0) is 16.9. The summed E-state index contributed by atoms with van der Waals surface area (Å²) in [6.07, 6.45) is 8.87. The number of carbonyl (C=O) groups excluding carboxylic acids is 1. The average molecular weight is 326 g/mol. The smallest absolute Gasteiger partial charge is 0.306 e. The highest BCUT2D eigenvalue weighted by atomic mass is 16.4. The topological polar surface area (TPSA) is 105 Å². The van der Waals surface area contributed by atoms with Crippen molar-refractivity contribution in [3.8, 4) is 11.4 Å². The fraction of sp³-hybridized carbons (Fsp3) is 0.353. The summed E-state index contributed by atoms with van der Waals surface area (Å²) in [6, 6.07) is 3.61. The third-order valence-electron chi connectivity index (χ3n) is 4.26. The number of amides is 1. The minimum absolute atomic E-state index is 0.00738. The highest BCUT2D eigenvalue weighted by Crippen LogP contribution is 2.24. The molecule has 7 heteroatoms. The van der Waals surface area contributed by atoms with Crippen molar-refractivity contribution < 1.29 is 14.7 Å². The third-order valence-corrected chi connectivity index (χ3v) is 4.26. The molecule has 0 radical (unpaired) electrons. The first-order valence-electron chi connectivity index (χ1n) is 7.89. The highest BCUT2D eigenvalue weighted by Gasteiger charge is 2.26. The fourth-order valence-corrected chi connectivity index (χ4v) is 2.85. The van der Waals surface area contributed by atoms with Crippen LogP contribution in [0.2, 0.25) is 0 Å². The number of hydrogen-bond donors (Lipinski definition) is 2. The predicted molar refractivity (Wildman–Crippen MR) is 86.1 cm³/mol. The van der Waals surface area contributed by atoms with Crippen molar-refractivity contribution in [1.29, 1.82) is 0 Å². The Morgan fingerprint density at radius 2 is 1.67 bits per heavy atom. The van der Waals surface area contributed by atoms with E-state index in [1.54, 1.807) is 24.5 Å². The quantitative estimate of drug-likeness (QED) is 0.889. The van der Waals surface area contributed by atoms with E-state index in [0.717, 1.165) is 5.56 Å². The van der Waals surface area contributed by atoms with Crippen LogP contribution < -0.4 is 5.32 Å². The van der Waals surface area contributed by atoms with Gasteiger partial charge in [0.1, 0.15) is 0 Å².